The zero-order valence-corrected chi connectivity index (χ0v) is 17.7. The quantitative estimate of drug-likeness (QED) is 0.403. The van der Waals surface area contributed by atoms with Crippen molar-refractivity contribution < 1.29 is 22.0 Å². The second-order valence-electron chi connectivity index (χ2n) is 6.93. The first kappa shape index (κ1) is 20.7. The number of rotatable bonds is 7. The Labute approximate surface area is 180 Å². The maximum atomic E-state index is 13.3. The Kier molecular flexibility index (Phi) is 5.77. The Morgan fingerprint density at radius 1 is 0.903 bits per heavy atom. The van der Waals surface area contributed by atoms with E-state index in [0.29, 0.717) is 11.4 Å². The highest BCUT2D eigenvalue weighted by atomic mass is 32.2. The van der Waals surface area contributed by atoms with Gasteiger partial charge in [-0.05, 0) is 60.5 Å². The molecule has 0 bridgehead atoms. The lowest BCUT2D eigenvalue weighted by molar-refractivity contribution is 0.0951. The molecule has 6 nitrogen and oxygen atoms in total. The van der Waals surface area contributed by atoms with E-state index in [1.807, 2.05) is 24.3 Å². The van der Waals surface area contributed by atoms with Crippen LogP contribution in [0, 0.1) is 0 Å². The lowest BCUT2D eigenvalue weighted by Crippen LogP contribution is -2.30. The lowest BCUT2D eigenvalue weighted by Gasteiger charge is -2.21. The van der Waals surface area contributed by atoms with Crippen molar-refractivity contribution in [3.63, 3.8) is 0 Å². The van der Waals surface area contributed by atoms with E-state index in [-0.39, 0.29) is 22.3 Å². The average Bonchev–Trinajstić information content (AvgIpc) is 3.50. The highest BCUT2D eigenvalue weighted by Crippen LogP contribution is 2.26. The molecule has 7 heteroatoms. The summed E-state index contributed by atoms with van der Waals surface area (Å²) in [6.07, 6.45) is 2.42. The van der Waals surface area contributed by atoms with Crippen LogP contribution in [-0.2, 0) is 22.8 Å². The van der Waals surface area contributed by atoms with Crippen molar-refractivity contribution in [2.75, 3.05) is 4.90 Å². The number of carbonyl (C=O) groups is 1. The molecule has 0 spiro atoms. The minimum absolute atomic E-state index is 0.0689. The van der Waals surface area contributed by atoms with Gasteiger partial charge in [-0.15, -0.1) is 0 Å². The van der Waals surface area contributed by atoms with E-state index in [4.69, 9.17) is 8.83 Å². The highest BCUT2D eigenvalue weighted by molar-refractivity contribution is 7.91. The van der Waals surface area contributed by atoms with Crippen molar-refractivity contribution in [3.05, 3.63) is 102 Å². The van der Waals surface area contributed by atoms with Crippen molar-refractivity contribution in [2.24, 2.45) is 0 Å². The Morgan fingerprint density at radius 2 is 1.65 bits per heavy atom. The standard InChI is InChI=1S/C24H21NO5S/c1-2-18-10-12-19(13-11-18)25(17-20-7-6-16-29-20)24(26)22-14-15-23(30-22)31(27,28)21-8-4-3-5-9-21/h3-16H,2,17H2,1H3. The molecule has 2 heterocycles. The molecule has 0 aliphatic carbocycles. The van der Waals surface area contributed by atoms with Gasteiger partial charge in [0.1, 0.15) is 5.76 Å². The number of anilines is 1. The molecule has 0 fully saturated rings. The Balaban J connectivity index is 1.67. The van der Waals surface area contributed by atoms with E-state index in [1.54, 1.807) is 30.3 Å². The summed E-state index contributed by atoms with van der Waals surface area (Å²) < 4.78 is 36.5. The number of furan rings is 2. The van der Waals surface area contributed by atoms with Crippen LogP contribution >= 0.6 is 0 Å². The van der Waals surface area contributed by atoms with Gasteiger partial charge in [0.15, 0.2) is 5.76 Å². The van der Waals surface area contributed by atoms with Gasteiger partial charge >= 0.3 is 0 Å². The van der Waals surface area contributed by atoms with Crippen LogP contribution in [0.15, 0.2) is 104 Å². The van der Waals surface area contributed by atoms with Gasteiger partial charge in [-0.2, -0.15) is 0 Å². The molecule has 2 aromatic carbocycles. The third-order valence-corrected chi connectivity index (χ3v) is 6.55. The predicted octanol–water partition coefficient (Wildman–Crippen LogP) is 5.11. The molecule has 0 unspecified atom stereocenters. The summed E-state index contributed by atoms with van der Waals surface area (Å²) in [5, 5.41) is -0.277. The number of carbonyl (C=O) groups excluding carboxylic acids is 1. The van der Waals surface area contributed by atoms with Gasteiger partial charge in [-0.25, -0.2) is 8.42 Å². The van der Waals surface area contributed by atoms with Gasteiger partial charge in [0.05, 0.1) is 17.7 Å². The fourth-order valence-electron chi connectivity index (χ4n) is 3.18. The van der Waals surface area contributed by atoms with Crippen molar-refractivity contribution >= 4 is 21.4 Å². The summed E-state index contributed by atoms with van der Waals surface area (Å²) in [7, 11) is -3.86. The van der Waals surface area contributed by atoms with Gasteiger partial charge in [0, 0.05) is 5.69 Å². The lowest BCUT2D eigenvalue weighted by atomic mass is 10.1. The zero-order chi connectivity index (χ0) is 21.8. The van der Waals surface area contributed by atoms with Crippen LogP contribution in [0.25, 0.3) is 0 Å². The number of hydrogen-bond acceptors (Lipinski definition) is 5. The van der Waals surface area contributed by atoms with Gasteiger partial charge < -0.3 is 8.83 Å². The molecule has 1 amide bonds. The molecule has 31 heavy (non-hydrogen) atoms. The fraction of sp³-hybridized carbons (Fsp3) is 0.125. The van der Waals surface area contributed by atoms with Crippen molar-refractivity contribution in [1.29, 1.82) is 0 Å². The molecule has 2 aromatic heterocycles. The van der Waals surface area contributed by atoms with Crippen LogP contribution in [0.4, 0.5) is 5.69 Å². The zero-order valence-electron chi connectivity index (χ0n) is 16.9. The molecule has 0 atom stereocenters. The number of sulfone groups is 1. The fourth-order valence-corrected chi connectivity index (χ4v) is 4.37. The van der Waals surface area contributed by atoms with Crippen LogP contribution in [0.2, 0.25) is 0 Å². The van der Waals surface area contributed by atoms with Crippen LogP contribution in [0.1, 0.15) is 28.8 Å². The summed E-state index contributed by atoms with van der Waals surface area (Å²) in [4.78, 5) is 14.9. The number of amides is 1. The first-order chi connectivity index (χ1) is 15.0. The topological polar surface area (TPSA) is 80.7 Å². The summed E-state index contributed by atoms with van der Waals surface area (Å²) in [6.45, 7) is 2.23. The molecule has 0 N–H and O–H groups in total. The SMILES string of the molecule is CCc1ccc(N(Cc2ccco2)C(=O)c2ccc(S(=O)(=O)c3ccccc3)o2)cc1. The van der Waals surface area contributed by atoms with E-state index in [0.717, 1.165) is 12.0 Å². The molecule has 0 aliphatic rings. The molecular weight excluding hydrogens is 414 g/mol. The molecule has 0 saturated heterocycles. The Bertz CT molecular complexity index is 1260. The second-order valence-corrected chi connectivity index (χ2v) is 8.81. The molecule has 0 radical (unpaired) electrons. The van der Waals surface area contributed by atoms with Crippen LogP contribution in [0.5, 0.6) is 0 Å². The van der Waals surface area contributed by atoms with E-state index in [9.17, 15) is 13.2 Å². The Hall–Kier alpha value is -3.58. The van der Waals surface area contributed by atoms with Crippen molar-refractivity contribution in [3.8, 4) is 0 Å². The Morgan fingerprint density at radius 3 is 2.29 bits per heavy atom. The van der Waals surface area contributed by atoms with Crippen molar-refractivity contribution in [2.45, 2.75) is 29.9 Å². The molecular formula is C24H21NO5S. The van der Waals surface area contributed by atoms with Gasteiger partial charge in [-0.1, -0.05) is 37.3 Å². The summed E-state index contributed by atoms with van der Waals surface area (Å²) in [5.41, 5.74) is 1.80. The van der Waals surface area contributed by atoms with Crippen LogP contribution in [-0.4, -0.2) is 14.3 Å². The van der Waals surface area contributed by atoms with Crippen LogP contribution in [0.3, 0.4) is 0 Å². The molecule has 158 valence electrons. The number of hydrogen-bond donors (Lipinski definition) is 0. The first-order valence-corrected chi connectivity index (χ1v) is 11.3. The van der Waals surface area contributed by atoms with E-state index >= 15 is 0 Å². The highest BCUT2D eigenvalue weighted by Gasteiger charge is 2.27. The monoisotopic (exact) mass is 435 g/mol. The van der Waals surface area contributed by atoms with Gasteiger partial charge in [0.2, 0.25) is 14.9 Å². The summed E-state index contributed by atoms with van der Waals surface area (Å²) >= 11 is 0. The smallest absolute Gasteiger partial charge is 0.294 e. The normalized spacial score (nSPS) is 11.4. The predicted molar refractivity (Wildman–Crippen MR) is 116 cm³/mol. The average molecular weight is 436 g/mol. The molecule has 4 aromatic rings. The minimum Gasteiger partial charge on any atom is -0.467 e. The van der Waals surface area contributed by atoms with Crippen LogP contribution < -0.4 is 4.90 Å². The molecule has 0 aliphatic heterocycles. The number of aryl methyl sites for hydroxylation is 1. The maximum Gasteiger partial charge on any atom is 0.294 e. The molecule has 4 rings (SSSR count). The summed E-state index contributed by atoms with van der Waals surface area (Å²) in [5.74, 6) is 0.0624. The summed E-state index contributed by atoms with van der Waals surface area (Å²) in [6, 6.07) is 21.8. The van der Waals surface area contributed by atoms with Gasteiger partial charge in [0.25, 0.3) is 5.91 Å². The maximum absolute atomic E-state index is 13.3. The number of benzene rings is 2. The largest absolute Gasteiger partial charge is 0.467 e. The van der Waals surface area contributed by atoms with Gasteiger partial charge in [-0.3, -0.25) is 9.69 Å². The second kappa shape index (κ2) is 8.65. The third kappa shape index (κ3) is 4.32. The van der Waals surface area contributed by atoms with E-state index < -0.39 is 15.7 Å². The minimum atomic E-state index is -3.86. The third-order valence-electron chi connectivity index (χ3n) is 4.91. The first-order valence-electron chi connectivity index (χ1n) is 9.82. The van der Waals surface area contributed by atoms with E-state index in [1.165, 1.54) is 35.4 Å². The number of nitrogens with zero attached hydrogens (tertiary/aromatic N) is 1. The van der Waals surface area contributed by atoms with E-state index in [2.05, 4.69) is 6.92 Å². The van der Waals surface area contributed by atoms with Crippen molar-refractivity contribution in [1.82, 2.24) is 0 Å². The molecule has 0 saturated carbocycles.